The van der Waals surface area contributed by atoms with E-state index in [1.54, 1.807) is 0 Å². The van der Waals surface area contributed by atoms with Crippen LogP contribution in [-0.4, -0.2) is 44.0 Å². The third-order valence-corrected chi connectivity index (χ3v) is 3.63. The minimum Gasteiger partial charge on any atom is -0.313 e. The van der Waals surface area contributed by atoms with Crippen molar-refractivity contribution in [3.05, 3.63) is 0 Å². The van der Waals surface area contributed by atoms with Crippen LogP contribution in [0.2, 0.25) is 0 Å². The monoisotopic (exact) mass is 262 g/mol. The highest BCUT2D eigenvalue weighted by molar-refractivity contribution is 4.82. The molecule has 1 N–H and O–H groups in total. The maximum atomic E-state index is 13.4. The summed E-state index contributed by atoms with van der Waals surface area (Å²) in [7, 11) is 4.08. The van der Waals surface area contributed by atoms with Gasteiger partial charge in [-0.2, -0.15) is 0 Å². The lowest BCUT2D eigenvalue weighted by Gasteiger charge is -2.32. The molecule has 0 spiro atoms. The largest absolute Gasteiger partial charge is 0.313 e. The van der Waals surface area contributed by atoms with Gasteiger partial charge in [0.2, 0.25) is 5.92 Å². The first-order valence-electron chi connectivity index (χ1n) is 7.19. The summed E-state index contributed by atoms with van der Waals surface area (Å²) in [5.41, 5.74) is 0. The van der Waals surface area contributed by atoms with E-state index in [2.05, 4.69) is 17.1 Å². The summed E-state index contributed by atoms with van der Waals surface area (Å²) in [5.74, 6) is -2.24. The molecule has 0 heterocycles. The fraction of sp³-hybridized carbons (Fsp3) is 1.00. The van der Waals surface area contributed by atoms with Gasteiger partial charge in [0.1, 0.15) is 0 Å². The third kappa shape index (κ3) is 6.10. The van der Waals surface area contributed by atoms with E-state index in [1.807, 2.05) is 14.1 Å². The summed E-state index contributed by atoms with van der Waals surface area (Å²) in [4.78, 5) is 2.13. The van der Waals surface area contributed by atoms with Crippen LogP contribution in [-0.2, 0) is 0 Å². The van der Waals surface area contributed by atoms with Crippen molar-refractivity contribution in [2.45, 2.75) is 57.4 Å². The van der Waals surface area contributed by atoms with Gasteiger partial charge in [0.25, 0.3) is 0 Å². The Bertz CT molecular complexity index is 232. The maximum absolute atomic E-state index is 13.4. The molecule has 2 unspecified atom stereocenters. The van der Waals surface area contributed by atoms with Crippen LogP contribution in [0.3, 0.4) is 0 Å². The average molecular weight is 262 g/mol. The van der Waals surface area contributed by atoms with Crippen LogP contribution in [0.15, 0.2) is 0 Å². The van der Waals surface area contributed by atoms with Crippen LogP contribution in [0.5, 0.6) is 0 Å². The van der Waals surface area contributed by atoms with Gasteiger partial charge < -0.3 is 10.2 Å². The molecule has 2 atom stereocenters. The molecule has 4 heteroatoms. The first-order valence-corrected chi connectivity index (χ1v) is 7.19. The van der Waals surface area contributed by atoms with Crippen molar-refractivity contribution in [3.63, 3.8) is 0 Å². The van der Waals surface area contributed by atoms with Gasteiger partial charge in [0.15, 0.2) is 0 Å². The van der Waals surface area contributed by atoms with Crippen LogP contribution in [0.1, 0.15) is 45.4 Å². The Morgan fingerprint density at radius 2 is 2.11 bits per heavy atom. The highest BCUT2D eigenvalue weighted by Gasteiger charge is 2.36. The predicted octanol–water partition coefficient (Wildman–Crippen LogP) is 3.13. The Labute approximate surface area is 110 Å². The zero-order valence-corrected chi connectivity index (χ0v) is 12.0. The number of nitrogens with one attached hydrogen (secondary N) is 1. The third-order valence-electron chi connectivity index (χ3n) is 3.63. The number of likely N-dealkylation sites (N-methyl/N-ethyl adjacent to an activating group) is 1. The van der Waals surface area contributed by atoms with E-state index in [9.17, 15) is 8.78 Å². The fourth-order valence-electron chi connectivity index (χ4n) is 2.89. The average Bonchev–Trinajstić information content (AvgIpc) is 2.23. The van der Waals surface area contributed by atoms with Crippen LogP contribution in [0.4, 0.5) is 8.78 Å². The molecule has 0 aromatic heterocycles. The number of halogens is 2. The van der Waals surface area contributed by atoms with E-state index in [0.29, 0.717) is 12.5 Å². The van der Waals surface area contributed by atoms with Crippen LogP contribution >= 0.6 is 0 Å². The Kier molecular flexibility index (Phi) is 6.50. The molecule has 0 radical (unpaired) electrons. The van der Waals surface area contributed by atoms with Crippen molar-refractivity contribution in [1.29, 1.82) is 0 Å². The summed E-state index contributed by atoms with van der Waals surface area (Å²) in [5, 5.41) is 3.49. The van der Waals surface area contributed by atoms with Gasteiger partial charge in [0, 0.05) is 25.4 Å². The second kappa shape index (κ2) is 7.39. The highest BCUT2D eigenvalue weighted by atomic mass is 19.3. The Hall–Kier alpha value is -0.220. The second-order valence-corrected chi connectivity index (χ2v) is 5.97. The van der Waals surface area contributed by atoms with Gasteiger partial charge in [-0.3, -0.25) is 0 Å². The van der Waals surface area contributed by atoms with Crippen molar-refractivity contribution < 1.29 is 8.78 Å². The zero-order valence-electron chi connectivity index (χ0n) is 12.0. The minimum atomic E-state index is -2.42. The van der Waals surface area contributed by atoms with Crippen molar-refractivity contribution in [2.24, 2.45) is 5.92 Å². The van der Waals surface area contributed by atoms with Crippen molar-refractivity contribution in [1.82, 2.24) is 10.2 Å². The standard InChI is InChI=1S/C14H28F2N2/c1-4-8-17-13(11-18(2)3)9-12-6-5-7-14(15,16)10-12/h12-13,17H,4-11H2,1-3H3. The fourth-order valence-corrected chi connectivity index (χ4v) is 2.89. The minimum absolute atomic E-state index is 0.0875. The van der Waals surface area contributed by atoms with Crippen molar-refractivity contribution in [2.75, 3.05) is 27.2 Å². The van der Waals surface area contributed by atoms with Gasteiger partial charge in [-0.25, -0.2) is 8.78 Å². The smallest absolute Gasteiger partial charge is 0.248 e. The summed E-state index contributed by atoms with van der Waals surface area (Å²) in [6.45, 7) is 4.04. The second-order valence-electron chi connectivity index (χ2n) is 5.97. The lowest BCUT2D eigenvalue weighted by Crippen LogP contribution is -2.41. The van der Waals surface area contributed by atoms with Crippen molar-refractivity contribution in [3.8, 4) is 0 Å². The first-order chi connectivity index (χ1) is 8.43. The van der Waals surface area contributed by atoms with E-state index in [1.165, 1.54) is 0 Å². The number of hydrogen-bond donors (Lipinski definition) is 1. The zero-order chi connectivity index (χ0) is 13.6. The Morgan fingerprint density at radius 3 is 2.67 bits per heavy atom. The number of alkyl halides is 2. The molecular weight excluding hydrogens is 234 g/mol. The summed E-state index contributed by atoms with van der Waals surface area (Å²) in [6.07, 6.45) is 3.79. The van der Waals surface area contributed by atoms with E-state index in [-0.39, 0.29) is 18.8 Å². The van der Waals surface area contributed by atoms with E-state index < -0.39 is 5.92 Å². The Balaban J connectivity index is 2.43. The molecular formula is C14H28F2N2. The van der Waals surface area contributed by atoms with Gasteiger partial charge in [-0.15, -0.1) is 0 Å². The normalized spacial score (nSPS) is 25.3. The highest BCUT2D eigenvalue weighted by Crippen LogP contribution is 2.38. The molecule has 1 rings (SSSR count). The van der Waals surface area contributed by atoms with E-state index in [0.717, 1.165) is 32.4 Å². The van der Waals surface area contributed by atoms with Gasteiger partial charge in [0.05, 0.1) is 0 Å². The first kappa shape index (κ1) is 15.8. The lowest BCUT2D eigenvalue weighted by molar-refractivity contribution is -0.0550. The maximum Gasteiger partial charge on any atom is 0.248 e. The molecule has 108 valence electrons. The van der Waals surface area contributed by atoms with Crippen LogP contribution in [0, 0.1) is 5.92 Å². The SMILES string of the molecule is CCCNC(CC1CCCC(F)(F)C1)CN(C)C. The van der Waals surface area contributed by atoms with Gasteiger partial charge >= 0.3 is 0 Å². The molecule has 1 saturated carbocycles. The Morgan fingerprint density at radius 1 is 1.39 bits per heavy atom. The number of rotatable bonds is 7. The number of hydrogen-bond acceptors (Lipinski definition) is 2. The molecule has 0 aliphatic heterocycles. The van der Waals surface area contributed by atoms with Crippen molar-refractivity contribution >= 4 is 0 Å². The topological polar surface area (TPSA) is 15.3 Å². The molecule has 0 amide bonds. The quantitative estimate of drug-likeness (QED) is 0.758. The molecule has 0 aromatic carbocycles. The molecule has 0 aromatic rings. The molecule has 1 aliphatic carbocycles. The molecule has 0 bridgehead atoms. The molecule has 1 aliphatic rings. The van der Waals surface area contributed by atoms with Crippen LogP contribution in [0.25, 0.3) is 0 Å². The van der Waals surface area contributed by atoms with Gasteiger partial charge in [-0.05, 0) is 52.2 Å². The summed E-state index contributed by atoms with van der Waals surface area (Å²) < 4.78 is 26.8. The lowest BCUT2D eigenvalue weighted by atomic mass is 9.82. The van der Waals surface area contributed by atoms with E-state index >= 15 is 0 Å². The molecule has 2 nitrogen and oxygen atoms in total. The summed E-state index contributed by atoms with van der Waals surface area (Å²) >= 11 is 0. The number of nitrogens with zero attached hydrogens (tertiary/aromatic N) is 1. The molecule has 0 saturated heterocycles. The van der Waals surface area contributed by atoms with Crippen LogP contribution < -0.4 is 5.32 Å². The predicted molar refractivity (Wildman–Crippen MR) is 72.2 cm³/mol. The molecule has 18 heavy (non-hydrogen) atoms. The molecule has 1 fully saturated rings. The van der Waals surface area contributed by atoms with Gasteiger partial charge in [-0.1, -0.05) is 6.92 Å². The summed E-state index contributed by atoms with van der Waals surface area (Å²) in [6, 6.07) is 0.346. The van der Waals surface area contributed by atoms with E-state index in [4.69, 9.17) is 0 Å².